The minimum absolute atomic E-state index is 0.302. The Morgan fingerprint density at radius 1 is 1.06 bits per heavy atom. The SMILES string of the molecule is CC.CC.CC1=C(N2CCOCC2)CC1=O. The maximum atomic E-state index is 11.0. The van der Waals surface area contributed by atoms with Crippen molar-refractivity contribution < 1.29 is 9.53 Å². The lowest BCUT2D eigenvalue weighted by Crippen LogP contribution is -2.40. The zero-order chi connectivity index (χ0) is 12.6. The predicted molar refractivity (Wildman–Crippen MR) is 67.4 cm³/mol. The smallest absolute Gasteiger partial charge is 0.166 e. The molecule has 0 atom stereocenters. The first-order chi connectivity index (χ1) is 7.79. The molecule has 1 saturated heterocycles. The van der Waals surface area contributed by atoms with Crippen molar-refractivity contribution in [2.24, 2.45) is 0 Å². The van der Waals surface area contributed by atoms with Crippen molar-refractivity contribution in [1.82, 2.24) is 4.90 Å². The molecule has 0 aromatic carbocycles. The molecule has 0 aromatic heterocycles. The van der Waals surface area contributed by atoms with Crippen LogP contribution in [0.4, 0.5) is 0 Å². The maximum absolute atomic E-state index is 11.0. The predicted octanol–water partition coefficient (Wildman–Crippen LogP) is 2.62. The average molecular weight is 227 g/mol. The molecule has 0 spiro atoms. The van der Waals surface area contributed by atoms with Gasteiger partial charge in [-0.3, -0.25) is 4.79 Å². The lowest BCUT2D eigenvalue weighted by molar-refractivity contribution is -0.117. The number of carbonyl (C=O) groups is 1. The van der Waals surface area contributed by atoms with Gasteiger partial charge in [0.15, 0.2) is 5.78 Å². The summed E-state index contributed by atoms with van der Waals surface area (Å²) in [6.45, 7) is 13.4. The van der Waals surface area contributed by atoms with Crippen molar-refractivity contribution in [3.05, 3.63) is 11.3 Å². The second-order valence-corrected chi connectivity index (χ2v) is 3.27. The van der Waals surface area contributed by atoms with Crippen molar-refractivity contribution in [1.29, 1.82) is 0 Å². The molecule has 3 heteroatoms. The number of ketones is 1. The zero-order valence-corrected chi connectivity index (χ0v) is 11.3. The van der Waals surface area contributed by atoms with Crippen molar-refractivity contribution in [2.45, 2.75) is 41.0 Å². The normalized spacial score (nSPS) is 19.1. The van der Waals surface area contributed by atoms with Gasteiger partial charge in [0.1, 0.15) is 0 Å². The van der Waals surface area contributed by atoms with Crippen LogP contribution < -0.4 is 0 Å². The molecule has 16 heavy (non-hydrogen) atoms. The van der Waals surface area contributed by atoms with Crippen LogP contribution in [0.3, 0.4) is 0 Å². The summed E-state index contributed by atoms with van der Waals surface area (Å²) >= 11 is 0. The minimum atomic E-state index is 0.302. The minimum Gasteiger partial charge on any atom is -0.378 e. The second kappa shape index (κ2) is 8.34. The fraction of sp³-hybridized carbons (Fsp3) is 0.769. The van der Waals surface area contributed by atoms with E-state index in [4.69, 9.17) is 4.74 Å². The summed E-state index contributed by atoms with van der Waals surface area (Å²) in [4.78, 5) is 13.2. The molecule has 94 valence electrons. The van der Waals surface area contributed by atoms with Crippen LogP contribution in [0.5, 0.6) is 0 Å². The Balaban J connectivity index is 0.000000509. The van der Waals surface area contributed by atoms with Gasteiger partial charge in [0.2, 0.25) is 0 Å². The van der Waals surface area contributed by atoms with Gasteiger partial charge >= 0.3 is 0 Å². The molecule has 0 N–H and O–H groups in total. The first-order valence-electron chi connectivity index (χ1n) is 6.34. The number of carbonyl (C=O) groups excluding carboxylic acids is 1. The Hall–Kier alpha value is -0.830. The number of rotatable bonds is 1. The van der Waals surface area contributed by atoms with E-state index in [-0.39, 0.29) is 0 Å². The highest BCUT2D eigenvalue weighted by Crippen LogP contribution is 2.27. The van der Waals surface area contributed by atoms with E-state index in [1.807, 2.05) is 34.6 Å². The van der Waals surface area contributed by atoms with Crippen molar-refractivity contribution >= 4 is 5.78 Å². The standard InChI is InChI=1S/C9H13NO2.2C2H6/c1-7-8(6-9(7)11)10-2-4-12-5-3-10;2*1-2/h2-6H2,1H3;2*1-2H3. The fourth-order valence-corrected chi connectivity index (χ4v) is 1.65. The molecule has 0 aromatic rings. The quantitative estimate of drug-likeness (QED) is 0.689. The molecule has 1 aliphatic carbocycles. The third-order valence-electron chi connectivity index (χ3n) is 2.57. The second-order valence-electron chi connectivity index (χ2n) is 3.27. The molecular formula is C13H25NO2. The molecule has 0 bridgehead atoms. The van der Waals surface area contributed by atoms with Crippen LogP contribution in [0.2, 0.25) is 0 Å². The first kappa shape index (κ1) is 15.2. The van der Waals surface area contributed by atoms with E-state index in [1.165, 1.54) is 5.70 Å². The molecular weight excluding hydrogens is 202 g/mol. The van der Waals surface area contributed by atoms with E-state index < -0.39 is 0 Å². The van der Waals surface area contributed by atoms with Crippen molar-refractivity contribution in [3.63, 3.8) is 0 Å². The summed E-state index contributed by atoms with van der Waals surface area (Å²) in [5.74, 6) is 0.302. The highest BCUT2D eigenvalue weighted by atomic mass is 16.5. The van der Waals surface area contributed by atoms with E-state index in [0.29, 0.717) is 12.2 Å². The monoisotopic (exact) mass is 227 g/mol. The molecule has 0 radical (unpaired) electrons. The molecule has 0 unspecified atom stereocenters. The Bertz CT molecular complexity index is 240. The van der Waals surface area contributed by atoms with E-state index in [1.54, 1.807) is 0 Å². The van der Waals surface area contributed by atoms with Gasteiger partial charge in [-0.15, -0.1) is 0 Å². The number of hydrogen-bond acceptors (Lipinski definition) is 3. The van der Waals surface area contributed by atoms with Gasteiger partial charge in [-0.1, -0.05) is 27.7 Å². The Labute approximate surface area is 99.5 Å². The van der Waals surface area contributed by atoms with Crippen molar-refractivity contribution in [3.8, 4) is 0 Å². The van der Waals surface area contributed by atoms with Crippen LogP contribution >= 0.6 is 0 Å². The van der Waals surface area contributed by atoms with E-state index in [9.17, 15) is 4.79 Å². The van der Waals surface area contributed by atoms with Crippen LogP contribution in [-0.4, -0.2) is 37.0 Å². The van der Waals surface area contributed by atoms with Gasteiger partial charge in [-0.25, -0.2) is 0 Å². The van der Waals surface area contributed by atoms with E-state index in [2.05, 4.69) is 4.90 Å². The Morgan fingerprint density at radius 2 is 1.56 bits per heavy atom. The van der Waals surface area contributed by atoms with E-state index >= 15 is 0 Å². The first-order valence-corrected chi connectivity index (χ1v) is 6.34. The molecule has 0 amide bonds. The largest absolute Gasteiger partial charge is 0.378 e. The third-order valence-corrected chi connectivity index (χ3v) is 2.57. The molecule has 1 fully saturated rings. The number of Topliss-reactive ketones (excluding diaryl/α,β-unsaturated/α-hetero) is 1. The maximum Gasteiger partial charge on any atom is 0.166 e. The number of morpholine rings is 1. The number of ether oxygens (including phenoxy) is 1. The molecule has 0 saturated carbocycles. The molecule has 2 rings (SSSR count). The summed E-state index contributed by atoms with van der Waals surface area (Å²) in [5.41, 5.74) is 2.19. The highest BCUT2D eigenvalue weighted by molar-refractivity contribution is 6.03. The van der Waals surface area contributed by atoms with Gasteiger partial charge in [-0.05, 0) is 6.92 Å². The van der Waals surface area contributed by atoms with Crippen LogP contribution in [0.1, 0.15) is 41.0 Å². The average Bonchev–Trinajstić information content (AvgIpc) is 2.41. The molecule has 3 nitrogen and oxygen atoms in total. The summed E-state index contributed by atoms with van der Waals surface area (Å²) in [6, 6.07) is 0. The van der Waals surface area contributed by atoms with Crippen LogP contribution in [0.15, 0.2) is 11.3 Å². The van der Waals surface area contributed by atoms with Crippen LogP contribution in [-0.2, 0) is 9.53 Å². The number of nitrogens with zero attached hydrogens (tertiary/aromatic N) is 1. The molecule has 1 aliphatic heterocycles. The van der Waals surface area contributed by atoms with Gasteiger partial charge in [0.25, 0.3) is 0 Å². The van der Waals surface area contributed by atoms with Crippen molar-refractivity contribution in [2.75, 3.05) is 26.3 Å². The Kier molecular flexibility index (Phi) is 7.90. The summed E-state index contributed by atoms with van der Waals surface area (Å²) < 4.78 is 5.23. The number of hydrogen-bond donors (Lipinski definition) is 0. The van der Waals surface area contributed by atoms with Gasteiger partial charge < -0.3 is 9.64 Å². The van der Waals surface area contributed by atoms with Crippen LogP contribution in [0, 0.1) is 0 Å². The summed E-state index contributed by atoms with van der Waals surface area (Å²) in [6.07, 6.45) is 0.645. The number of allylic oxidation sites excluding steroid dienone is 2. The lowest BCUT2D eigenvalue weighted by Gasteiger charge is -2.35. The lowest BCUT2D eigenvalue weighted by atomic mass is 9.93. The fourth-order valence-electron chi connectivity index (χ4n) is 1.65. The topological polar surface area (TPSA) is 29.5 Å². The summed E-state index contributed by atoms with van der Waals surface area (Å²) in [7, 11) is 0. The highest BCUT2D eigenvalue weighted by Gasteiger charge is 2.28. The van der Waals surface area contributed by atoms with E-state index in [0.717, 1.165) is 31.9 Å². The van der Waals surface area contributed by atoms with Gasteiger partial charge in [0, 0.05) is 24.4 Å². The van der Waals surface area contributed by atoms with Gasteiger partial charge in [0.05, 0.1) is 19.6 Å². The molecule has 1 heterocycles. The summed E-state index contributed by atoms with van der Waals surface area (Å²) in [5, 5.41) is 0. The third kappa shape index (κ3) is 3.63. The van der Waals surface area contributed by atoms with Gasteiger partial charge in [-0.2, -0.15) is 0 Å². The van der Waals surface area contributed by atoms with Crippen LogP contribution in [0.25, 0.3) is 0 Å². The molecule has 2 aliphatic rings. The zero-order valence-electron chi connectivity index (χ0n) is 11.3. The Morgan fingerprint density at radius 3 is 1.94 bits per heavy atom.